The zero-order chi connectivity index (χ0) is 15.5. The second kappa shape index (κ2) is 9.80. The van der Waals surface area contributed by atoms with E-state index in [2.05, 4.69) is 0 Å². The maximum Gasteiger partial charge on any atom is 0.305 e. The van der Waals surface area contributed by atoms with Gasteiger partial charge in [-0.3, -0.25) is 9.59 Å². The molecular formula is C16H23NO4. The van der Waals surface area contributed by atoms with E-state index in [4.69, 9.17) is 9.84 Å². The highest BCUT2D eigenvalue weighted by Gasteiger charge is 2.13. The Hall–Kier alpha value is -2.04. The Labute approximate surface area is 125 Å². The van der Waals surface area contributed by atoms with Crippen LogP contribution in [-0.2, 0) is 9.59 Å². The third-order valence-electron chi connectivity index (χ3n) is 2.99. The van der Waals surface area contributed by atoms with Crippen LogP contribution in [0.2, 0.25) is 0 Å². The summed E-state index contributed by atoms with van der Waals surface area (Å²) in [6, 6.07) is 9.46. The number of carbonyl (C=O) groups excluding carboxylic acids is 1. The summed E-state index contributed by atoms with van der Waals surface area (Å²) in [7, 11) is 0. The van der Waals surface area contributed by atoms with Gasteiger partial charge in [0.2, 0.25) is 5.91 Å². The smallest absolute Gasteiger partial charge is 0.305 e. The van der Waals surface area contributed by atoms with E-state index in [1.54, 1.807) is 4.90 Å². The van der Waals surface area contributed by atoms with Gasteiger partial charge >= 0.3 is 5.97 Å². The Balaban J connectivity index is 2.27. The van der Waals surface area contributed by atoms with E-state index in [0.717, 1.165) is 12.2 Å². The maximum atomic E-state index is 12.0. The van der Waals surface area contributed by atoms with Crippen LogP contribution in [-0.4, -0.2) is 41.6 Å². The average Bonchev–Trinajstić information content (AvgIpc) is 2.48. The molecule has 0 radical (unpaired) electrons. The van der Waals surface area contributed by atoms with E-state index < -0.39 is 5.97 Å². The molecule has 0 spiro atoms. The summed E-state index contributed by atoms with van der Waals surface area (Å²) in [5.74, 6) is -0.0904. The molecule has 0 aliphatic heterocycles. The fourth-order valence-electron chi connectivity index (χ4n) is 1.95. The largest absolute Gasteiger partial charge is 0.494 e. The van der Waals surface area contributed by atoms with Crippen LogP contribution in [0.15, 0.2) is 30.3 Å². The molecule has 0 heterocycles. The van der Waals surface area contributed by atoms with Crippen molar-refractivity contribution < 1.29 is 19.4 Å². The predicted octanol–water partition coefficient (Wildman–Crippen LogP) is 2.56. The molecule has 0 saturated heterocycles. The molecule has 116 valence electrons. The Morgan fingerprint density at radius 3 is 2.48 bits per heavy atom. The first-order valence-corrected chi connectivity index (χ1v) is 7.31. The molecule has 21 heavy (non-hydrogen) atoms. The summed E-state index contributed by atoms with van der Waals surface area (Å²) < 4.78 is 5.53. The van der Waals surface area contributed by atoms with E-state index in [1.165, 1.54) is 0 Å². The van der Waals surface area contributed by atoms with Crippen molar-refractivity contribution in [2.24, 2.45) is 0 Å². The van der Waals surface area contributed by atoms with Crippen molar-refractivity contribution in [1.82, 2.24) is 4.90 Å². The lowest BCUT2D eigenvalue weighted by molar-refractivity contribution is -0.138. The molecule has 0 saturated carbocycles. The lowest BCUT2D eigenvalue weighted by Crippen LogP contribution is -2.33. The van der Waals surface area contributed by atoms with Crippen LogP contribution in [0.3, 0.4) is 0 Å². The first kappa shape index (κ1) is 17.0. The number of rotatable bonds is 10. The zero-order valence-corrected chi connectivity index (χ0v) is 12.5. The fraction of sp³-hybridized carbons (Fsp3) is 0.500. The minimum absolute atomic E-state index is 0.00485. The van der Waals surface area contributed by atoms with Gasteiger partial charge in [-0.05, 0) is 25.0 Å². The Morgan fingerprint density at radius 1 is 1.14 bits per heavy atom. The van der Waals surface area contributed by atoms with E-state index >= 15 is 0 Å². The van der Waals surface area contributed by atoms with Crippen LogP contribution in [0.5, 0.6) is 5.75 Å². The topological polar surface area (TPSA) is 66.8 Å². The molecule has 0 bridgehead atoms. The number of carboxylic acids is 1. The third-order valence-corrected chi connectivity index (χ3v) is 2.99. The van der Waals surface area contributed by atoms with Crippen molar-refractivity contribution in [1.29, 1.82) is 0 Å². The first-order valence-electron chi connectivity index (χ1n) is 7.31. The van der Waals surface area contributed by atoms with Gasteiger partial charge < -0.3 is 14.7 Å². The second-order valence-electron chi connectivity index (χ2n) is 4.79. The molecule has 0 unspecified atom stereocenters. The van der Waals surface area contributed by atoms with Crippen molar-refractivity contribution in [2.75, 3.05) is 19.7 Å². The van der Waals surface area contributed by atoms with Gasteiger partial charge in [-0.2, -0.15) is 0 Å². The molecule has 0 aromatic heterocycles. The number of para-hydroxylation sites is 1. The molecular weight excluding hydrogens is 270 g/mol. The summed E-state index contributed by atoms with van der Waals surface area (Å²) in [4.78, 5) is 24.2. The summed E-state index contributed by atoms with van der Waals surface area (Å²) >= 11 is 0. The number of nitrogens with zero attached hydrogens (tertiary/aromatic N) is 1. The van der Waals surface area contributed by atoms with Crippen molar-refractivity contribution in [3.63, 3.8) is 0 Å². The highest BCUT2D eigenvalue weighted by molar-refractivity contribution is 5.77. The number of aliphatic carboxylic acids is 1. The summed E-state index contributed by atoms with van der Waals surface area (Å²) in [6.45, 7) is 3.33. The molecule has 0 aliphatic carbocycles. The first-order chi connectivity index (χ1) is 10.1. The second-order valence-corrected chi connectivity index (χ2v) is 4.79. The maximum absolute atomic E-state index is 12.0. The molecule has 5 nitrogen and oxygen atoms in total. The van der Waals surface area contributed by atoms with Gasteiger partial charge in [-0.1, -0.05) is 25.1 Å². The van der Waals surface area contributed by atoms with E-state index in [1.807, 2.05) is 37.3 Å². The van der Waals surface area contributed by atoms with Crippen LogP contribution < -0.4 is 4.74 Å². The predicted molar refractivity (Wildman–Crippen MR) is 80.3 cm³/mol. The van der Waals surface area contributed by atoms with Gasteiger partial charge in [-0.25, -0.2) is 0 Å². The van der Waals surface area contributed by atoms with Crippen molar-refractivity contribution in [3.8, 4) is 5.75 Å². The minimum Gasteiger partial charge on any atom is -0.494 e. The lowest BCUT2D eigenvalue weighted by Gasteiger charge is -2.21. The van der Waals surface area contributed by atoms with Crippen LogP contribution in [0.4, 0.5) is 0 Å². The molecule has 0 fully saturated rings. The van der Waals surface area contributed by atoms with Crippen molar-refractivity contribution >= 4 is 11.9 Å². The Bertz CT molecular complexity index is 433. The van der Waals surface area contributed by atoms with Gasteiger partial charge in [0.1, 0.15) is 5.75 Å². The summed E-state index contributed by atoms with van der Waals surface area (Å²) in [5.41, 5.74) is 0. The molecule has 1 rings (SSSR count). The van der Waals surface area contributed by atoms with E-state index in [0.29, 0.717) is 26.0 Å². The monoisotopic (exact) mass is 293 g/mol. The normalized spacial score (nSPS) is 10.1. The Morgan fingerprint density at radius 2 is 1.86 bits per heavy atom. The highest BCUT2D eigenvalue weighted by Crippen LogP contribution is 2.09. The lowest BCUT2D eigenvalue weighted by atomic mass is 10.2. The van der Waals surface area contributed by atoms with Gasteiger partial charge in [0.25, 0.3) is 0 Å². The summed E-state index contributed by atoms with van der Waals surface area (Å²) in [5, 5.41) is 8.69. The standard InChI is InChI=1S/C16H23NO4/c1-2-11-17(12-10-16(19)20)15(18)9-6-13-21-14-7-4-3-5-8-14/h3-5,7-8H,2,6,9-13H2,1H3,(H,19,20). The number of ether oxygens (including phenoxy) is 1. The third kappa shape index (κ3) is 7.34. The number of benzene rings is 1. The highest BCUT2D eigenvalue weighted by atomic mass is 16.5. The van der Waals surface area contributed by atoms with Crippen molar-refractivity contribution in [2.45, 2.75) is 32.6 Å². The van der Waals surface area contributed by atoms with E-state index in [-0.39, 0.29) is 18.9 Å². The Kier molecular flexibility index (Phi) is 7.94. The molecule has 1 N–H and O–H groups in total. The van der Waals surface area contributed by atoms with Crippen LogP contribution in [0, 0.1) is 0 Å². The van der Waals surface area contributed by atoms with E-state index in [9.17, 15) is 9.59 Å². The molecule has 0 aliphatic rings. The van der Waals surface area contributed by atoms with Gasteiger partial charge in [0.05, 0.1) is 13.0 Å². The van der Waals surface area contributed by atoms with Gasteiger partial charge in [0, 0.05) is 19.5 Å². The zero-order valence-electron chi connectivity index (χ0n) is 12.5. The van der Waals surface area contributed by atoms with Crippen LogP contribution in [0.1, 0.15) is 32.6 Å². The number of carbonyl (C=O) groups is 2. The molecule has 1 aromatic rings. The number of hydrogen-bond acceptors (Lipinski definition) is 3. The van der Waals surface area contributed by atoms with Crippen molar-refractivity contribution in [3.05, 3.63) is 30.3 Å². The molecule has 0 atom stereocenters. The van der Waals surface area contributed by atoms with Crippen LogP contribution in [0.25, 0.3) is 0 Å². The van der Waals surface area contributed by atoms with Crippen LogP contribution >= 0.6 is 0 Å². The fourth-order valence-corrected chi connectivity index (χ4v) is 1.95. The van der Waals surface area contributed by atoms with Gasteiger partial charge in [-0.15, -0.1) is 0 Å². The number of carboxylic acid groups (broad SMARTS) is 1. The quantitative estimate of drug-likeness (QED) is 0.673. The number of hydrogen-bond donors (Lipinski definition) is 1. The molecule has 5 heteroatoms. The molecule has 1 aromatic carbocycles. The molecule has 1 amide bonds. The SMILES string of the molecule is CCCN(CCC(=O)O)C(=O)CCCOc1ccccc1. The average molecular weight is 293 g/mol. The summed E-state index contributed by atoms with van der Waals surface area (Å²) in [6.07, 6.45) is 1.82. The number of amides is 1. The van der Waals surface area contributed by atoms with Gasteiger partial charge in [0.15, 0.2) is 0 Å². The minimum atomic E-state index is -0.878.